The van der Waals surface area contributed by atoms with Crippen molar-refractivity contribution in [3.8, 4) is 5.75 Å². The third-order valence-electron chi connectivity index (χ3n) is 3.39. The van der Waals surface area contributed by atoms with Crippen LogP contribution >= 0.6 is 11.6 Å². The second-order valence-corrected chi connectivity index (χ2v) is 6.21. The minimum Gasteiger partial charge on any atom is -0.495 e. The first-order chi connectivity index (χ1) is 9.48. The van der Waals surface area contributed by atoms with Crippen molar-refractivity contribution < 1.29 is 9.47 Å². The van der Waals surface area contributed by atoms with Crippen molar-refractivity contribution in [1.29, 1.82) is 0 Å². The Morgan fingerprint density at radius 3 is 2.60 bits per heavy atom. The van der Waals surface area contributed by atoms with Crippen LogP contribution in [0.3, 0.4) is 0 Å². The van der Waals surface area contributed by atoms with Gasteiger partial charge in [-0.25, -0.2) is 0 Å². The SMILES string of the molecule is COCCNCC(C)(C)CCc1ccc(OC)c(Cl)c1. The lowest BCUT2D eigenvalue weighted by Gasteiger charge is -2.25. The predicted molar refractivity (Wildman–Crippen MR) is 84.9 cm³/mol. The maximum atomic E-state index is 6.15. The summed E-state index contributed by atoms with van der Waals surface area (Å²) in [6, 6.07) is 6.01. The van der Waals surface area contributed by atoms with E-state index in [4.69, 9.17) is 21.1 Å². The van der Waals surface area contributed by atoms with Crippen LogP contribution in [0.4, 0.5) is 0 Å². The molecule has 0 aliphatic carbocycles. The van der Waals surface area contributed by atoms with Crippen LogP contribution in [0.25, 0.3) is 0 Å². The van der Waals surface area contributed by atoms with Gasteiger partial charge in [0.25, 0.3) is 0 Å². The molecule has 0 heterocycles. The highest BCUT2D eigenvalue weighted by Crippen LogP contribution is 2.27. The molecule has 0 saturated heterocycles. The van der Waals surface area contributed by atoms with Gasteiger partial charge >= 0.3 is 0 Å². The number of aryl methyl sites for hydroxylation is 1. The van der Waals surface area contributed by atoms with E-state index in [0.717, 1.165) is 38.3 Å². The summed E-state index contributed by atoms with van der Waals surface area (Å²) in [4.78, 5) is 0. The first-order valence-corrected chi connectivity index (χ1v) is 7.38. The molecular weight excluding hydrogens is 274 g/mol. The quantitative estimate of drug-likeness (QED) is 0.708. The highest BCUT2D eigenvalue weighted by Gasteiger charge is 2.17. The molecule has 0 fully saturated rings. The topological polar surface area (TPSA) is 30.5 Å². The lowest BCUT2D eigenvalue weighted by atomic mass is 9.86. The Morgan fingerprint density at radius 1 is 1.25 bits per heavy atom. The molecule has 0 amide bonds. The Hall–Kier alpha value is -0.770. The number of halogens is 1. The maximum Gasteiger partial charge on any atom is 0.137 e. The van der Waals surface area contributed by atoms with Crippen LogP contribution in [-0.4, -0.2) is 33.9 Å². The Labute approximate surface area is 127 Å². The van der Waals surface area contributed by atoms with Gasteiger partial charge in [-0.2, -0.15) is 0 Å². The van der Waals surface area contributed by atoms with Crippen molar-refractivity contribution >= 4 is 11.6 Å². The fourth-order valence-electron chi connectivity index (χ4n) is 2.04. The van der Waals surface area contributed by atoms with E-state index in [0.29, 0.717) is 5.02 Å². The lowest BCUT2D eigenvalue weighted by Crippen LogP contribution is -2.31. The first kappa shape index (κ1) is 17.3. The zero-order valence-corrected chi connectivity index (χ0v) is 13.7. The third kappa shape index (κ3) is 6.12. The molecule has 0 aliphatic heterocycles. The molecule has 0 bridgehead atoms. The number of rotatable bonds is 9. The standard InChI is InChI=1S/C16H26ClNO2/c1-16(2,12-18-9-10-19-3)8-7-13-5-6-15(20-4)14(17)11-13/h5-6,11,18H,7-10,12H2,1-4H3. The van der Waals surface area contributed by atoms with Gasteiger partial charge in [0.05, 0.1) is 18.7 Å². The maximum absolute atomic E-state index is 6.15. The fraction of sp³-hybridized carbons (Fsp3) is 0.625. The van der Waals surface area contributed by atoms with E-state index < -0.39 is 0 Å². The van der Waals surface area contributed by atoms with E-state index in [9.17, 15) is 0 Å². The van der Waals surface area contributed by atoms with Gasteiger partial charge in [-0.15, -0.1) is 0 Å². The van der Waals surface area contributed by atoms with Crippen molar-refractivity contribution in [2.75, 3.05) is 33.9 Å². The van der Waals surface area contributed by atoms with Crippen LogP contribution in [-0.2, 0) is 11.2 Å². The highest BCUT2D eigenvalue weighted by atomic mass is 35.5. The van der Waals surface area contributed by atoms with E-state index >= 15 is 0 Å². The molecule has 1 aromatic rings. The summed E-state index contributed by atoms with van der Waals surface area (Å²) in [7, 11) is 3.36. The van der Waals surface area contributed by atoms with Crippen LogP contribution in [0.5, 0.6) is 5.75 Å². The Kier molecular flexibility index (Phi) is 7.35. The van der Waals surface area contributed by atoms with Gasteiger partial charge in [-0.1, -0.05) is 31.5 Å². The van der Waals surface area contributed by atoms with Crippen LogP contribution < -0.4 is 10.1 Å². The normalized spacial score (nSPS) is 11.7. The smallest absolute Gasteiger partial charge is 0.137 e. The zero-order chi connectivity index (χ0) is 15.0. The molecule has 1 rings (SSSR count). The van der Waals surface area contributed by atoms with Crippen LogP contribution in [0.2, 0.25) is 5.02 Å². The van der Waals surface area contributed by atoms with Crippen LogP contribution in [0.15, 0.2) is 18.2 Å². The molecule has 0 aromatic heterocycles. The lowest BCUT2D eigenvalue weighted by molar-refractivity contribution is 0.193. The third-order valence-corrected chi connectivity index (χ3v) is 3.69. The summed E-state index contributed by atoms with van der Waals surface area (Å²) in [5.41, 5.74) is 1.50. The van der Waals surface area contributed by atoms with Gasteiger partial charge in [0.1, 0.15) is 5.75 Å². The summed E-state index contributed by atoms with van der Waals surface area (Å²) >= 11 is 6.15. The second-order valence-electron chi connectivity index (χ2n) is 5.80. The number of nitrogens with one attached hydrogen (secondary N) is 1. The fourth-order valence-corrected chi connectivity index (χ4v) is 2.32. The molecule has 20 heavy (non-hydrogen) atoms. The summed E-state index contributed by atoms with van der Waals surface area (Å²) in [6.45, 7) is 7.19. The Balaban J connectivity index is 2.42. The monoisotopic (exact) mass is 299 g/mol. The van der Waals surface area contributed by atoms with E-state index in [-0.39, 0.29) is 5.41 Å². The van der Waals surface area contributed by atoms with Crippen molar-refractivity contribution in [1.82, 2.24) is 5.32 Å². The van der Waals surface area contributed by atoms with E-state index in [1.54, 1.807) is 14.2 Å². The summed E-state index contributed by atoms with van der Waals surface area (Å²) in [5.74, 6) is 0.732. The van der Waals surface area contributed by atoms with E-state index in [2.05, 4.69) is 25.2 Å². The van der Waals surface area contributed by atoms with Crippen molar-refractivity contribution in [2.45, 2.75) is 26.7 Å². The largest absolute Gasteiger partial charge is 0.495 e. The average molecular weight is 300 g/mol. The van der Waals surface area contributed by atoms with Crippen molar-refractivity contribution in [2.24, 2.45) is 5.41 Å². The highest BCUT2D eigenvalue weighted by molar-refractivity contribution is 6.32. The number of ether oxygens (including phenoxy) is 2. The molecular formula is C16H26ClNO2. The van der Waals surface area contributed by atoms with E-state index in [1.807, 2.05) is 12.1 Å². The Bertz CT molecular complexity index is 407. The van der Waals surface area contributed by atoms with Gasteiger partial charge in [0.15, 0.2) is 0 Å². The molecule has 0 unspecified atom stereocenters. The van der Waals surface area contributed by atoms with Gasteiger partial charge in [0.2, 0.25) is 0 Å². The molecule has 0 atom stereocenters. The predicted octanol–water partition coefficient (Wildman–Crippen LogP) is 3.54. The van der Waals surface area contributed by atoms with Crippen molar-refractivity contribution in [3.05, 3.63) is 28.8 Å². The molecule has 0 saturated carbocycles. The van der Waals surface area contributed by atoms with Gasteiger partial charge < -0.3 is 14.8 Å². The van der Waals surface area contributed by atoms with Gasteiger partial charge in [-0.3, -0.25) is 0 Å². The molecule has 0 radical (unpaired) electrons. The molecule has 1 aromatic carbocycles. The first-order valence-electron chi connectivity index (χ1n) is 7.00. The van der Waals surface area contributed by atoms with Crippen LogP contribution in [0, 0.1) is 5.41 Å². The molecule has 4 heteroatoms. The molecule has 0 aliphatic rings. The number of benzene rings is 1. The van der Waals surface area contributed by atoms with Crippen molar-refractivity contribution in [3.63, 3.8) is 0 Å². The summed E-state index contributed by atoms with van der Waals surface area (Å²) in [5, 5.41) is 4.10. The minimum absolute atomic E-state index is 0.250. The molecule has 1 N–H and O–H groups in total. The molecule has 0 spiro atoms. The number of hydrogen-bond donors (Lipinski definition) is 1. The average Bonchev–Trinajstić information content (AvgIpc) is 2.42. The van der Waals surface area contributed by atoms with Gasteiger partial charge in [0, 0.05) is 20.2 Å². The van der Waals surface area contributed by atoms with Gasteiger partial charge in [-0.05, 0) is 36.0 Å². The molecule has 3 nitrogen and oxygen atoms in total. The minimum atomic E-state index is 0.250. The summed E-state index contributed by atoms with van der Waals surface area (Å²) < 4.78 is 10.2. The van der Waals surface area contributed by atoms with E-state index in [1.165, 1.54) is 5.56 Å². The zero-order valence-electron chi connectivity index (χ0n) is 13.0. The Morgan fingerprint density at radius 2 is 2.00 bits per heavy atom. The van der Waals surface area contributed by atoms with Crippen LogP contribution in [0.1, 0.15) is 25.8 Å². The molecule has 114 valence electrons. The number of methoxy groups -OCH3 is 2. The second kappa shape index (κ2) is 8.50. The number of hydrogen-bond acceptors (Lipinski definition) is 3. The summed E-state index contributed by atoms with van der Waals surface area (Å²) in [6.07, 6.45) is 2.12.